The van der Waals surface area contributed by atoms with E-state index in [1.165, 1.54) is 4.90 Å². The van der Waals surface area contributed by atoms with E-state index >= 15 is 0 Å². The molecule has 82 valence electrons. The molecule has 0 bridgehead atoms. The van der Waals surface area contributed by atoms with Gasteiger partial charge in [0.05, 0.1) is 0 Å². The molecule has 1 N–H and O–H groups in total. The molecule has 0 heterocycles. The molecule has 1 atom stereocenters. The van der Waals surface area contributed by atoms with Crippen LogP contribution >= 0.6 is 11.6 Å². The summed E-state index contributed by atoms with van der Waals surface area (Å²) in [4.78, 5) is 23.6. The van der Waals surface area contributed by atoms with Crippen molar-refractivity contribution >= 4 is 23.5 Å². The number of hydrogen-bond acceptors (Lipinski definition) is 2. The normalized spacial score (nSPS) is 12.0. The number of carbonyl (C=O) groups is 2. The van der Waals surface area contributed by atoms with E-state index in [2.05, 4.69) is 12.2 Å². The van der Waals surface area contributed by atoms with Crippen molar-refractivity contribution in [2.45, 2.75) is 20.3 Å². The number of halogens is 1. The molecule has 5 heteroatoms. The molecule has 3 amide bonds. The van der Waals surface area contributed by atoms with Crippen molar-refractivity contribution in [1.82, 2.24) is 10.2 Å². The summed E-state index contributed by atoms with van der Waals surface area (Å²) in [6.45, 7) is 4.74. The summed E-state index contributed by atoms with van der Waals surface area (Å²) in [7, 11) is 1.66. The Morgan fingerprint density at radius 1 is 1.50 bits per heavy atom. The lowest BCUT2D eigenvalue weighted by Crippen LogP contribution is -2.42. The van der Waals surface area contributed by atoms with Crippen molar-refractivity contribution in [3.63, 3.8) is 0 Å². The first-order valence-corrected chi connectivity index (χ1v) is 5.15. The topological polar surface area (TPSA) is 49.4 Å². The van der Waals surface area contributed by atoms with E-state index in [1.54, 1.807) is 7.05 Å². The quantitative estimate of drug-likeness (QED) is 0.729. The van der Waals surface area contributed by atoms with Crippen LogP contribution in [0.25, 0.3) is 0 Å². The summed E-state index contributed by atoms with van der Waals surface area (Å²) in [5, 5.41) is 2.17. The minimum absolute atomic E-state index is 0.192. The lowest BCUT2D eigenvalue weighted by atomic mass is 10.1. The maximum atomic E-state index is 11.3. The molecule has 0 radical (unpaired) electrons. The maximum absolute atomic E-state index is 11.3. The third-order valence-electron chi connectivity index (χ3n) is 2.00. The highest BCUT2D eigenvalue weighted by molar-refractivity contribution is 6.28. The maximum Gasteiger partial charge on any atom is 0.323 e. The van der Waals surface area contributed by atoms with Gasteiger partial charge in [-0.15, -0.1) is 11.6 Å². The van der Waals surface area contributed by atoms with Crippen LogP contribution in [0.5, 0.6) is 0 Å². The van der Waals surface area contributed by atoms with Crippen LogP contribution < -0.4 is 5.32 Å². The van der Waals surface area contributed by atoms with E-state index in [-0.39, 0.29) is 5.88 Å². The molecule has 0 rings (SSSR count). The Morgan fingerprint density at radius 3 is 2.50 bits per heavy atom. The van der Waals surface area contributed by atoms with Crippen molar-refractivity contribution in [3.8, 4) is 0 Å². The highest BCUT2D eigenvalue weighted by atomic mass is 35.5. The number of rotatable bonds is 4. The fraction of sp³-hybridized carbons (Fsp3) is 0.778. The number of amides is 3. The average Bonchev–Trinajstić information content (AvgIpc) is 2.17. The number of nitrogens with one attached hydrogen (secondary N) is 1. The molecule has 0 saturated carbocycles. The molecule has 0 aromatic rings. The summed E-state index contributed by atoms with van der Waals surface area (Å²) >= 11 is 5.25. The van der Waals surface area contributed by atoms with Gasteiger partial charge < -0.3 is 4.90 Å². The molecule has 0 aromatic carbocycles. The van der Waals surface area contributed by atoms with Crippen LogP contribution in [0.4, 0.5) is 4.79 Å². The highest BCUT2D eigenvalue weighted by Crippen LogP contribution is 2.02. The summed E-state index contributed by atoms with van der Waals surface area (Å²) in [5.41, 5.74) is 0. The Labute approximate surface area is 89.6 Å². The Kier molecular flexibility index (Phi) is 6.28. The fourth-order valence-electron chi connectivity index (χ4n) is 0.928. The predicted molar refractivity (Wildman–Crippen MR) is 56.3 cm³/mol. The SMILES string of the molecule is CCC(C)CN(C)C(=O)NC(=O)CCl. The summed E-state index contributed by atoms with van der Waals surface area (Å²) < 4.78 is 0. The lowest BCUT2D eigenvalue weighted by molar-refractivity contribution is -0.117. The third kappa shape index (κ3) is 5.07. The first-order valence-electron chi connectivity index (χ1n) is 4.62. The molecule has 0 aliphatic rings. The van der Waals surface area contributed by atoms with E-state index in [0.29, 0.717) is 12.5 Å². The fourth-order valence-corrected chi connectivity index (χ4v) is 0.994. The van der Waals surface area contributed by atoms with Crippen molar-refractivity contribution in [2.75, 3.05) is 19.5 Å². The summed E-state index contributed by atoms with van der Waals surface area (Å²) in [5.74, 6) is -0.229. The molecular formula is C9H17ClN2O2. The van der Waals surface area contributed by atoms with Crippen molar-refractivity contribution in [3.05, 3.63) is 0 Å². The first kappa shape index (κ1) is 13.2. The smallest absolute Gasteiger partial charge is 0.323 e. The van der Waals surface area contributed by atoms with Gasteiger partial charge >= 0.3 is 6.03 Å². The summed E-state index contributed by atoms with van der Waals surface area (Å²) in [6, 6.07) is -0.393. The number of imide groups is 1. The van der Waals surface area contributed by atoms with E-state index < -0.39 is 11.9 Å². The average molecular weight is 221 g/mol. The number of urea groups is 1. The second-order valence-corrected chi connectivity index (χ2v) is 3.65. The van der Waals surface area contributed by atoms with Crippen molar-refractivity contribution in [1.29, 1.82) is 0 Å². The zero-order valence-corrected chi connectivity index (χ0v) is 9.60. The molecule has 1 unspecified atom stereocenters. The molecular weight excluding hydrogens is 204 g/mol. The third-order valence-corrected chi connectivity index (χ3v) is 2.24. The van der Waals surface area contributed by atoms with E-state index in [0.717, 1.165) is 6.42 Å². The van der Waals surface area contributed by atoms with Crippen LogP contribution in [-0.2, 0) is 4.79 Å². The molecule has 4 nitrogen and oxygen atoms in total. The molecule has 0 saturated heterocycles. The van der Waals surface area contributed by atoms with Gasteiger partial charge in [0.15, 0.2) is 0 Å². The first-order chi connectivity index (χ1) is 6.51. The van der Waals surface area contributed by atoms with Crippen LogP contribution in [0.1, 0.15) is 20.3 Å². The van der Waals surface area contributed by atoms with E-state index in [4.69, 9.17) is 11.6 Å². The van der Waals surface area contributed by atoms with Crippen LogP contribution in [0, 0.1) is 5.92 Å². The Bertz CT molecular complexity index is 209. The number of carbonyl (C=O) groups excluding carboxylic acids is 2. The minimum atomic E-state index is -0.465. The van der Waals surface area contributed by atoms with Crippen LogP contribution in [0.15, 0.2) is 0 Å². The number of nitrogens with zero attached hydrogens (tertiary/aromatic N) is 1. The van der Waals surface area contributed by atoms with Crippen LogP contribution in [0.2, 0.25) is 0 Å². The predicted octanol–water partition coefficient (Wildman–Crippen LogP) is 1.44. The van der Waals surface area contributed by atoms with Gasteiger partial charge in [0.25, 0.3) is 0 Å². The summed E-state index contributed by atoms with van der Waals surface area (Å²) in [6.07, 6.45) is 1.00. The van der Waals surface area contributed by atoms with Gasteiger partial charge in [-0.05, 0) is 5.92 Å². The monoisotopic (exact) mass is 220 g/mol. The van der Waals surface area contributed by atoms with Gasteiger partial charge in [0, 0.05) is 13.6 Å². The highest BCUT2D eigenvalue weighted by Gasteiger charge is 2.13. The minimum Gasteiger partial charge on any atom is -0.327 e. The van der Waals surface area contributed by atoms with Crippen LogP contribution in [-0.4, -0.2) is 36.3 Å². The lowest BCUT2D eigenvalue weighted by Gasteiger charge is -2.20. The van der Waals surface area contributed by atoms with E-state index in [1.807, 2.05) is 6.92 Å². The number of hydrogen-bond donors (Lipinski definition) is 1. The zero-order valence-electron chi connectivity index (χ0n) is 8.84. The van der Waals surface area contributed by atoms with Gasteiger partial charge in [-0.3, -0.25) is 10.1 Å². The van der Waals surface area contributed by atoms with Crippen molar-refractivity contribution in [2.24, 2.45) is 5.92 Å². The Hall–Kier alpha value is -0.770. The Balaban J connectivity index is 3.93. The van der Waals surface area contributed by atoms with Gasteiger partial charge in [0.1, 0.15) is 5.88 Å². The van der Waals surface area contributed by atoms with Crippen molar-refractivity contribution < 1.29 is 9.59 Å². The second-order valence-electron chi connectivity index (χ2n) is 3.38. The molecule has 0 fully saturated rings. The van der Waals surface area contributed by atoms with Gasteiger partial charge in [-0.1, -0.05) is 20.3 Å². The van der Waals surface area contributed by atoms with Gasteiger partial charge in [-0.2, -0.15) is 0 Å². The standard InChI is InChI=1S/C9H17ClN2O2/c1-4-7(2)6-12(3)9(14)11-8(13)5-10/h7H,4-6H2,1-3H3,(H,11,13,14). The van der Waals surface area contributed by atoms with Gasteiger partial charge in [-0.25, -0.2) is 4.79 Å². The molecule has 0 spiro atoms. The van der Waals surface area contributed by atoms with Gasteiger partial charge in [0.2, 0.25) is 5.91 Å². The van der Waals surface area contributed by atoms with E-state index in [9.17, 15) is 9.59 Å². The largest absolute Gasteiger partial charge is 0.327 e. The molecule has 0 aliphatic carbocycles. The number of alkyl halides is 1. The molecule has 0 aliphatic heterocycles. The Morgan fingerprint density at radius 2 is 2.07 bits per heavy atom. The molecule has 14 heavy (non-hydrogen) atoms. The molecule has 0 aromatic heterocycles. The second kappa shape index (κ2) is 6.65. The van der Waals surface area contributed by atoms with Crippen LogP contribution in [0.3, 0.4) is 0 Å². The zero-order chi connectivity index (χ0) is 11.1.